The summed E-state index contributed by atoms with van der Waals surface area (Å²) < 4.78 is 1.10. The first kappa shape index (κ1) is 13.4. The Balaban J connectivity index is 2.11. The molecule has 0 saturated heterocycles. The Morgan fingerprint density at radius 1 is 1.35 bits per heavy atom. The molecule has 0 atom stereocenters. The summed E-state index contributed by atoms with van der Waals surface area (Å²) in [5.41, 5.74) is 0.0466. The van der Waals surface area contributed by atoms with Gasteiger partial charge >= 0.3 is 5.69 Å². The molecule has 0 aliphatic heterocycles. The zero-order valence-electron chi connectivity index (χ0n) is 10.4. The lowest BCUT2D eigenvalue weighted by molar-refractivity contribution is -0.116. The molecule has 0 fully saturated rings. The Bertz CT molecular complexity index is 796. The van der Waals surface area contributed by atoms with Crippen molar-refractivity contribution >= 4 is 11.6 Å². The number of H-pyrrole nitrogens is 1. The molecule has 1 aromatic heterocycles. The van der Waals surface area contributed by atoms with E-state index in [9.17, 15) is 14.4 Å². The number of aromatic amines is 1. The summed E-state index contributed by atoms with van der Waals surface area (Å²) in [5.74, 6) is 2.06. The van der Waals surface area contributed by atoms with E-state index < -0.39 is 17.2 Å². The van der Waals surface area contributed by atoms with Gasteiger partial charge in [-0.25, -0.2) is 4.79 Å². The number of carbonyl (C=O) groups is 1. The van der Waals surface area contributed by atoms with Crippen LogP contribution < -0.4 is 16.6 Å². The number of nitrogens with zero attached hydrogens (tertiary/aromatic N) is 1. The lowest BCUT2D eigenvalue weighted by Crippen LogP contribution is -2.32. The number of rotatable bonds is 3. The summed E-state index contributed by atoms with van der Waals surface area (Å²) in [4.78, 5) is 36.2. The number of nitrogens with one attached hydrogen (secondary N) is 2. The molecule has 0 saturated carbocycles. The molecule has 6 nitrogen and oxygen atoms in total. The van der Waals surface area contributed by atoms with E-state index in [0.717, 1.165) is 4.57 Å². The number of anilines is 1. The second-order valence-electron chi connectivity index (χ2n) is 4.01. The molecule has 2 aromatic rings. The fraction of sp³-hybridized carbons (Fsp3) is 0.0714. The van der Waals surface area contributed by atoms with Gasteiger partial charge in [-0.05, 0) is 18.2 Å². The summed E-state index contributed by atoms with van der Waals surface area (Å²) in [7, 11) is 0. The van der Waals surface area contributed by atoms with Crippen molar-refractivity contribution in [2.75, 3.05) is 5.32 Å². The standard InChI is InChI=1S/C14H11N3O3/c1-2-10-4-3-5-11(8-10)15-13(19)9-17-7-6-12(18)16-14(17)20/h1,3-8H,9H2,(H,15,19)(H,16,18,20). The second-order valence-corrected chi connectivity index (χ2v) is 4.01. The van der Waals surface area contributed by atoms with Gasteiger partial charge in [0.2, 0.25) is 5.91 Å². The Morgan fingerprint density at radius 2 is 2.15 bits per heavy atom. The average molecular weight is 269 g/mol. The fourth-order valence-corrected chi connectivity index (χ4v) is 1.61. The Hall–Kier alpha value is -3.07. The molecule has 0 unspecified atom stereocenters. The number of hydrogen-bond acceptors (Lipinski definition) is 3. The van der Waals surface area contributed by atoms with Crippen molar-refractivity contribution in [3.8, 4) is 12.3 Å². The highest BCUT2D eigenvalue weighted by Gasteiger charge is 2.05. The van der Waals surface area contributed by atoms with E-state index in [1.807, 2.05) is 0 Å². The maximum Gasteiger partial charge on any atom is 0.328 e. The van der Waals surface area contributed by atoms with E-state index in [0.29, 0.717) is 11.3 Å². The normalized spacial score (nSPS) is 9.75. The van der Waals surface area contributed by atoms with Gasteiger partial charge in [0.05, 0.1) is 0 Å². The average Bonchev–Trinajstić information content (AvgIpc) is 2.42. The van der Waals surface area contributed by atoms with Crippen molar-refractivity contribution in [1.82, 2.24) is 9.55 Å². The van der Waals surface area contributed by atoms with Gasteiger partial charge in [0.15, 0.2) is 0 Å². The quantitative estimate of drug-likeness (QED) is 0.778. The van der Waals surface area contributed by atoms with Gasteiger partial charge in [-0.1, -0.05) is 12.0 Å². The first-order chi connectivity index (χ1) is 9.58. The summed E-state index contributed by atoms with van der Waals surface area (Å²) in [5, 5.41) is 2.62. The predicted molar refractivity (Wildman–Crippen MR) is 74.3 cm³/mol. The van der Waals surface area contributed by atoms with Crippen LogP contribution >= 0.6 is 0 Å². The van der Waals surface area contributed by atoms with Crippen LogP contribution in [-0.4, -0.2) is 15.5 Å². The molecule has 0 spiro atoms. The van der Waals surface area contributed by atoms with Crippen LogP contribution in [0.25, 0.3) is 0 Å². The molecule has 2 N–H and O–H groups in total. The van der Waals surface area contributed by atoms with Crippen LogP contribution in [0.15, 0.2) is 46.1 Å². The number of benzene rings is 1. The van der Waals surface area contributed by atoms with Crippen LogP contribution in [-0.2, 0) is 11.3 Å². The van der Waals surface area contributed by atoms with Crippen molar-refractivity contribution in [3.05, 3.63) is 62.9 Å². The zero-order chi connectivity index (χ0) is 14.5. The van der Waals surface area contributed by atoms with E-state index in [-0.39, 0.29) is 6.54 Å². The van der Waals surface area contributed by atoms with Crippen LogP contribution in [0.1, 0.15) is 5.56 Å². The van der Waals surface area contributed by atoms with Gasteiger partial charge in [-0.3, -0.25) is 19.1 Å². The van der Waals surface area contributed by atoms with Crippen LogP contribution in [0, 0.1) is 12.3 Å². The van der Waals surface area contributed by atoms with Crippen molar-refractivity contribution < 1.29 is 4.79 Å². The molecule has 2 rings (SSSR count). The molecule has 0 bridgehead atoms. The van der Waals surface area contributed by atoms with E-state index in [1.54, 1.807) is 24.3 Å². The van der Waals surface area contributed by atoms with Crippen molar-refractivity contribution in [2.45, 2.75) is 6.54 Å². The first-order valence-corrected chi connectivity index (χ1v) is 5.75. The monoisotopic (exact) mass is 269 g/mol. The Kier molecular flexibility index (Phi) is 3.82. The SMILES string of the molecule is C#Cc1cccc(NC(=O)Cn2ccc(=O)[nH]c2=O)c1. The van der Waals surface area contributed by atoms with Crippen LogP contribution in [0.2, 0.25) is 0 Å². The van der Waals surface area contributed by atoms with Gasteiger partial charge in [-0.2, -0.15) is 0 Å². The summed E-state index contributed by atoms with van der Waals surface area (Å²) in [6, 6.07) is 7.97. The maximum atomic E-state index is 11.8. The van der Waals surface area contributed by atoms with Crippen LogP contribution in [0.4, 0.5) is 5.69 Å². The third-order valence-electron chi connectivity index (χ3n) is 2.52. The van der Waals surface area contributed by atoms with Gasteiger partial charge in [0.1, 0.15) is 6.54 Å². The summed E-state index contributed by atoms with van der Waals surface area (Å²) >= 11 is 0. The second kappa shape index (κ2) is 5.71. The molecule has 1 amide bonds. The van der Waals surface area contributed by atoms with Crippen LogP contribution in [0.5, 0.6) is 0 Å². The smallest absolute Gasteiger partial charge is 0.324 e. The van der Waals surface area contributed by atoms with E-state index in [2.05, 4.69) is 16.2 Å². The largest absolute Gasteiger partial charge is 0.328 e. The Morgan fingerprint density at radius 3 is 2.85 bits per heavy atom. The summed E-state index contributed by atoms with van der Waals surface area (Å²) in [6.07, 6.45) is 6.53. The number of hydrogen-bond donors (Lipinski definition) is 2. The predicted octanol–water partition coefficient (Wildman–Crippen LogP) is 0.157. The molecule has 1 heterocycles. The molecule has 1 aromatic carbocycles. The van der Waals surface area contributed by atoms with Gasteiger partial charge in [0.25, 0.3) is 5.56 Å². The molecule has 100 valence electrons. The molecule has 6 heteroatoms. The van der Waals surface area contributed by atoms with Crippen molar-refractivity contribution in [3.63, 3.8) is 0 Å². The zero-order valence-corrected chi connectivity index (χ0v) is 10.4. The number of aromatic nitrogens is 2. The fourth-order valence-electron chi connectivity index (χ4n) is 1.61. The molecular formula is C14H11N3O3. The lowest BCUT2D eigenvalue weighted by Gasteiger charge is -2.07. The van der Waals surface area contributed by atoms with Crippen molar-refractivity contribution in [2.24, 2.45) is 0 Å². The van der Waals surface area contributed by atoms with Gasteiger partial charge < -0.3 is 5.32 Å². The minimum atomic E-state index is -0.634. The molecule has 20 heavy (non-hydrogen) atoms. The number of terminal acetylenes is 1. The number of amides is 1. The number of carbonyl (C=O) groups excluding carboxylic acids is 1. The maximum absolute atomic E-state index is 11.8. The van der Waals surface area contributed by atoms with E-state index in [1.165, 1.54) is 12.3 Å². The summed E-state index contributed by atoms with van der Waals surface area (Å²) in [6.45, 7) is -0.199. The highest BCUT2D eigenvalue weighted by atomic mass is 16.2. The Labute approximate surface area is 114 Å². The third-order valence-corrected chi connectivity index (χ3v) is 2.52. The highest BCUT2D eigenvalue weighted by molar-refractivity contribution is 5.90. The lowest BCUT2D eigenvalue weighted by atomic mass is 10.2. The molecule has 0 aliphatic rings. The molecule has 0 aliphatic carbocycles. The van der Waals surface area contributed by atoms with Gasteiger partial charge in [-0.15, -0.1) is 6.42 Å². The van der Waals surface area contributed by atoms with E-state index >= 15 is 0 Å². The highest BCUT2D eigenvalue weighted by Crippen LogP contribution is 2.09. The van der Waals surface area contributed by atoms with E-state index in [4.69, 9.17) is 6.42 Å². The first-order valence-electron chi connectivity index (χ1n) is 5.75. The third kappa shape index (κ3) is 3.23. The molecule has 0 radical (unpaired) electrons. The van der Waals surface area contributed by atoms with Crippen LogP contribution in [0.3, 0.4) is 0 Å². The minimum absolute atomic E-state index is 0.199. The molecular weight excluding hydrogens is 258 g/mol. The van der Waals surface area contributed by atoms with Gasteiger partial charge in [0, 0.05) is 23.5 Å². The topological polar surface area (TPSA) is 84.0 Å². The van der Waals surface area contributed by atoms with Crippen molar-refractivity contribution in [1.29, 1.82) is 0 Å². The minimum Gasteiger partial charge on any atom is -0.324 e.